The molecule has 1 fully saturated rings. The smallest absolute Gasteiger partial charge is 0.242 e. The largest absolute Gasteiger partial charge is 0.390 e. The zero-order chi connectivity index (χ0) is 15.5. The number of aromatic nitrogens is 1. The number of ether oxygens (including phenoxy) is 1. The van der Waals surface area contributed by atoms with E-state index in [1.807, 2.05) is 14.0 Å². The fraction of sp³-hybridized carbons (Fsp3) is 0.692. The van der Waals surface area contributed by atoms with Crippen molar-refractivity contribution in [2.75, 3.05) is 33.3 Å². The maximum absolute atomic E-state index is 12.3. The molecule has 0 amide bonds. The van der Waals surface area contributed by atoms with Crippen LogP contribution in [0.1, 0.15) is 12.6 Å². The molecule has 1 aromatic rings. The molecule has 1 unspecified atom stereocenters. The summed E-state index contributed by atoms with van der Waals surface area (Å²) in [5, 5.41) is 9.23. The number of sulfonamides is 1. The second-order valence-corrected chi connectivity index (χ2v) is 6.99. The maximum atomic E-state index is 12.3. The average Bonchev–Trinajstić information content (AvgIpc) is 2.89. The highest BCUT2D eigenvalue weighted by atomic mass is 32.2. The van der Waals surface area contributed by atoms with E-state index in [9.17, 15) is 13.5 Å². The predicted octanol–water partition coefficient (Wildman–Crippen LogP) is -0.391. The lowest BCUT2D eigenvalue weighted by Crippen LogP contribution is -2.45. The van der Waals surface area contributed by atoms with Crippen molar-refractivity contribution < 1.29 is 18.3 Å². The number of hydrogen-bond acceptors (Lipinski definition) is 5. The van der Waals surface area contributed by atoms with Crippen molar-refractivity contribution in [1.29, 1.82) is 0 Å². The molecule has 1 aliphatic rings. The molecule has 120 valence electrons. The van der Waals surface area contributed by atoms with Gasteiger partial charge in [0.05, 0.1) is 24.2 Å². The van der Waals surface area contributed by atoms with E-state index in [1.54, 1.807) is 10.8 Å². The Labute approximate surface area is 125 Å². The number of likely N-dealkylation sites (N-methyl/N-ethyl adjacent to an activating group) is 1. The predicted molar refractivity (Wildman–Crippen MR) is 78.5 cm³/mol. The Balaban J connectivity index is 2.02. The number of morpholine rings is 1. The molecule has 0 aliphatic carbocycles. The Bertz CT molecular complexity index is 548. The van der Waals surface area contributed by atoms with Crippen LogP contribution in [0.15, 0.2) is 17.2 Å². The van der Waals surface area contributed by atoms with E-state index in [0.29, 0.717) is 25.4 Å². The highest BCUT2D eigenvalue weighted by Gasteiger charge is 2.22. The number of aliphatic hydroxyl groups is 1. The van der Waals surface area contributed by atoms with Gasteiger partial charge >= 0.3 is 0 Å². The van der Waals surface area contributed by atoms with Gasteiger partial charge in [-0.25, -0.2) is 13.1 Å². The minimum atomic E-state index is -3.58. The van der Waals surface area contributed by atoms with Crippen LogP contribution in [0.4, 0.5) is 0 Å². The van der Waals surface area contributed by atoms with Gasteiger partial charge in [0, 0.05) is 38.1 Å². The van der Waals surface area contributed by atoms with Crippen LogP contribution in [0.2, 0.25) is 0 Å². The van der Waals surface area contributed by atoms with Crippen LogP contribution in [0.25, 0.3) is 0 Å². The summed E-state index contributed by atoms with van der Waals surface area (Å²) in [7, 11) is -1.59. The minimum absolute atomic E-state index is 0.135. The third-order valence-corrected chi connectivity index (χ3v) is 5.01. The summed E-state index contributed by atoms with van der Waals surface area (Å²) in [5.41, 5.74) is 0.589. The van der Waals surface area contributed by atoms with Crippen LogP contribution >= 0.6 is 0 Å². The summed E-state index contributed by atoms with van der Waals surface area (Å²) in [6.07, 6.45) is 1.41. The fourth-order valence-corrected chi connectivity index (χ4v) is 3.50. The monoisotopic (exact) mass is 317 g/mol. The van der Waals surface area contributed by atoms with Crippen molar-refractivity contribution in [3.63, 3.8) is 0 Å². The molecule has 0 spiro atoms. The van der Waals surface area contributed by atoms with Crippen LogP contribution in [0.3, 0.4) is 0 Å². The van der Waals surface area contributed by atoms with Crippen LogP contribution in [-0.4, -0.2) is 62.4 Å². The molecule has 0 aromatic carbocycles. The van der Waals surface area contributed by atoms with E-state index in [-0.39, 0.29) is 24.2 Å². The van der Waals surface area contributed by atoms with Gasteiger partial charge in [0.25, 0.3) is 0 Å². The first-order chi connectivity index (χ1) is 9.96. The van der Waals surface area contributed by atoms with Crippen molar-refractivity contribution in [2.45, 2.75) is 31.1 Å². The van der Waals surface area contributed by atoms with Crippen molar-refractivity contribution in [1.82, 2.24) is 14.2 Å². The van der Waals surface area contributed by atoms with Crippen molar-refractivity contribution in [3.8, 4) is 0 Å². The summed E-state index contributed by atoms with van der Waals surface area (Å²) in [6.45, 7) is 4.77. The number of aryl methyl sites for hydroxylation is 1. The van der Waals surface area contributed by atoms with Gasteiger partial charge in [-0.15, -0.1) is 0 Å². The molecule has 0 bridgehead atoms. The maximum Gasteiger partial charge on any atom is 0.242 e. The number of nitrogens with one attached hydrogen (secondary N) is 1. The SMILES string of the molecule is CCn1cc(S(=O)(=O)NCC2CN(C)CCO2)cc1CO. The Kier molecular flexibility index (Phi) is 5.39. The number of rotatable bonds is 6. The summed E-state index contributed by atoms with van der Waals surface area (Å²) < 4.78 is 34.4. The van der Waals surface area contributed by atoms with E-state index < -0.39 is 10.0 Å². The van der Waals surface area contributed by atoms with Gasteiger partial charge in [-0.2, -0.15) is 0 Å². The molecule has 0 saturated carbocycles. The van der Waals surface area contributed by atoms with Gasteiger partial charge in [0.2, 0.25) is 10.0 Å². The first-order valence-electron chi connectivity index (χ1n) is 7.06. The lowest BCUT2D eigenvalue weighted by atomic mass is 10.3. The van der Waals surface area contributed by atoms with E-state index in [1.165, 1.54) is 6.07 Å². The third-order valence-electron chi connectivity index (χ3n) is 3.62. The first-order valence-corrected chi connectivity index (χ1v) is 8.54. The molecule has 7 nitrogen and oxygen atoms in total. The number of hydrogen-bond donors (Lipinski definition) is 2. The van der Waals surface area contributed by atoms with Gasteiger partial charge in [0.1, 0.15) is 0 Å². The molecule has 8 heteroatoms. The minimum Gasteiger partial charge on any atom is -0.390 e. The molecule has 21 heavy (non-hydrogen) atoms. The fourth-order valence-electron chi connectivity index (χ4n) is 2.37. The Morgan fingerprint density at radius 1 is 1.52 bits per heavy atom. The van der Waals surface area contributed by atoms with Crippen molar-refractivity contribution in [2.24, 2.45) is 0 Å². The quantitative estimate of drug-likeness (QED) is 0.746. The molecule has 1 aliphatic heterocycles. The molecular formula is C13H23N3O4S. The summed E-state index contributed by atoms with van der Waals surface area (Å²) in [6, 6.07) is 1.50. The highest BCUT2D eigenvalue weighted by Crippen LogP contribution is 2.15. The van der Waals surface area contributed by atoms with Gasteiger partial charge in [0.15, 0.2) is 0 Å². The highest BCUT2D eigenvalue weighted by molar-refractivity contribution is 7.89. The van der Waals surface area contributed by atoms with Gasteiger partial charge < -0.3 is 19.3 Å². The molecule has 2 N–H and O–H groups in total. The van der Waals surface area contributed by atoms with E-state index in [4.69, 9.17) is 4.74 Å². The standard InChI is InChI=1S/C13H23N3O4S/c1-3-16-9-13(6-11(16)10-17)21(18,19)14-7-12-8-15(2)4-5-20-12/h6,9,12,14,17H,3-5,7-8,10H2,1-2H3. The first kappa shape index (κ1) is 16.4. The average molecular weight is 317 g/mol. The Morgan fingerprint density at radius 3 is 2.86 bits per heavy atom. The molecule has 2 rings (SSSR count). The van der Waals surface area contributed by atoms with Crippen LogP contribution in [0.5, 0.6) is 0 Å². The van der Waals surface area contributed by atoms with E-state index >= 15 is 0 Å². The topological polar surface area (TPSA) is 83.8 Å². The summed E-state index contributed by atoms with van der Waals surface area (Å²) in [4.78, 5) is 2.29. The van der Waals surface area contributed by atoms with Crippen molar-refractivity contribution in [3.05, 3.63) is 18.0 Å². The van der Waals surface area contributed by atoms with Gasteiger partial charge in [-0.1, -0.05) is 0 Å². The van der Waals surface area contributed by atoms with E-state index in [2.05, 4.69) is 9.62 Å². The Morgan fingerprint density at radius 2 is 2.29 bits per heavy atom. The number of aliphatic hydroxyl groups excluding tert-OH is 1. The van der Waals surface area contributed by atoms with E-state index in [0.717, 1.165) is 6.54 Å². The summed E-state index contributed by atoms with van der Waals surface area (Å²) >= 11 is 0. The second kappa shape index (κ2) is 6.89. The zero-order valence-electron chi connectivity index (χ0n) is 12.4. The van der Waals surface area contributed by atoms with Gasteiger partial charge in [-0.3, -0.25) is 0 Å². The molecule has 2 heterocycles. The summed E-state index contributed by atoms with van der Waals surface area (Å²) in [5.74, 6) is 0. The van der Waals surface area contributed by atoms with Crippen LogP contribution in [0, 0.1) is 0 Å². The normalized spacial score (nSPS) is 20.8. The molecule has 1 aromatic heterocycles. The lowest BCUT2D eigenvalue weighted by molar-refractivity contribution is -0.0156. The lowest BCUT2D eigenvalue weighted by Gasteiger charge is -2.29. The number of nitrogens with zero attached hydrogens (tertiary/aromatic N) is 2. The molecule has 1 atom stereocenters. The second-order valence-electron chi connectivity index (χ2n) is 5.22. The van der Waals surface area contributed by atoms with Crippen LogP contribution in [-0.2, 0) is 27.9 Å². The van der Waals surface area contributed by atoms with Gasteiger partial charge in [-0.05, 0) is 20.0 Å². The molecular weight excluding hydrogens is 294 g/mol. The Hall–Kier alpha value is -0.930. The van der Waals surface area contributed by atoms with Crippen molar-refractivity contribution >= 4 is 10.0 Å². The third kappa shape index (κ3) is 4.04. The van der Waals surface area contributed by atoms with Crippen LogP contribution < -0.4 is 4.72 Å². The zero-order valence-corrected chi connectivity index (χ0v) is 13.3. The molecule has 0 radical (unpaired) electrons. The molecule has 1 saturated heterocycles.